The van der Waals surface area contributed by atoms with Crippen molar-refractivity contribution in [1.29, 1.82) is 0 Å². The Bertz CT molecular complexity index is 584. The third-order valence-corrected chi connectivity index (χ3v) is 2.93. The van der Waals surface area contributed by atoms with E-state index in [2.05, 4.69) is 0 Å². The molecule has 1 rings (SSSR count). The second kappa shape index (κ2) is 6.52. The van der Waals surface area contributed by atoms with Gasteiger partial charge in [0.15, 0.2) is 5.78 Å². The summed E-state index contributed by atoms with van der Waals surface area (Å²) in [6, 6.07) is 4.35. The molecule has 0 radical (unpaired) electrons. The van der Waals surface area contributed by atoms with Crippen molar-refractivity contribution in [1.82, 2.24) is 0 Å². The fourth-order valence-corrected chi connectivity index (χ4v) is 1.41. The second-order valence-electron chi connectivity index (χ2n) is 7.53. The first-order valence-corrected chi connectivity index (χ1v) is 7.41. The van der Waals surface area contributed by atoms with Gasteiger partial charge in [-0.25, -0.2) is 0 Å². The summed E-state index contributed by atoms with van der Waals surface area (Å²) in [5.74, 6) is -0.743. The molecule has 5 nitrogen and oxygen atoms in total. The maximum absolute atomic E-state index is 12.0. The first-order valence-electron chi connectivity index (χ1n) is 7.41. The Morgan fingerprint density at radius 3 is 1.35 bits per heavy atom. The number of carbonyl (C=O) groups is 3. The standard InChI is InChI=1S/C18H24O5/c1-11(19)12-8-13(22-15(20)17(2,3)4)10-14(9-12)23-16(21)18(5,6)7/h8-10H,1-7H3. The lowest BCUT2D eigenvalue weighted by Gasteiger charge is -2.19. The molecule has 0 atom stereocenters. The molecule has 126 valence electrons. The van der Waals surface area contributed by atoms with Crippen LogP contribution in [0.25, 0.3) is 0 Å². The summed E-state index contributed by atoms with van der Waals surface area (Å²) in [7, 11) is 0. The highest BCUT2D eigenvalue weighted by Crippen LogP contribution is 2.28. The summed E-state index contributed by atoms with van der Waals surface area (Å²) in [6.45, 7) is 11.8. The van der Waals surface area contributed by atoms with E-state index >= 15 is 0 Å². The number of ketones is 1. The van der Waals surface area contributed by atoms with Gasteiger partial charge in [-0.3, -0.25) is 14.4 Å². The summed E-state index contributed by atoms with van der Waals surface area (Å²) in [6.07, 6.45) is 0. The molecule has 0 heterocycles. The lowest BCUT2D eigenvalue weighted by Crippen LogP contribution is -2.26. The monoisotopic (exact) mass is 320 g/mol. The number of hydrogen-bond acceptors (Lipinski definition) is 5. The molecule has 0 bridgehead atoms. The van der Waals surface area contributed by atoms with Crippen molar-refractivity contribution < 1.29 is 23.9 Å². The lowest BCUT2D eigenvalue weighted by atomic mass is 9.97. The van der Waals surface area contributed by atoms with Gasteiger partial charge in [0.05, 0.1) is 10.8 Å². The first kappa shape index (κ1) is 18.9. The van der Waals surface area contributed by atoms with Crippen LogP contribution in [0.3, 0.4) is 0 Å². The van der Waals surface area contributed by atoms with Crippen molar-refractivity contribution in [3.05, 3.63) is 23.8 Å². The average molecular weight is 320 g/mol. The van der Waals surface area contributed by atoms with Crippen molar-refractivity contribution in [3.8, 4) is 11.5 Å². The van der Waals surface area contributed by atoms with Gasteiger partial charge in [0.2, 0.25) is 0 Å². The van der Waals surface area contributed by atoms with Crippen molar-refractivity contribution in [3.63, 3.8) is 0 Å². The molecule has 5 heteroatoms. The number of esters is 2. The van der Waals surface area contributed by atoms with E-state index in [0.717, 1.165) is 0 Å². The molecule has 0 unspecified atom stereocenters. The molecule has 0 spiro atoms. The van der Waals surface area contributed by atoms with E-state index in [1.807, 2.05) is 0 Å². The van der Waals surface area contributed by atoms with E-state index in [-0.39, 0.29) is 17.3 Å². The predicted molar refractivity (Wildman–Crippen MR) is 86.6 cm³/mol. The van der Waals surface area contributed by atoms with Crippen LogP contribution < -0.4 is 9.47 Å². The molecule has 0 aliphatic carbocycles. The van der Waals surface area contributed by atoms with Crippen LogP contribution in [0.5, 0.6) is 11.5 Å². The Morgan fingerprint density at radius 1 is 0.739 bits per heavy atom. The molecular weight excluding hydrogens is 296 g/mol. The van der Waals surface area contributed by atoms with Gasteiger partial charge < -0.3 is 9.47 Å². The second-order valence-corrected chi connectivity index (χ2v) is 7.53. The Kier molecular flexibility index (Phi) is 5.35. The first-order chi connectivity index (χ1) is 10.3. The maximum atomic E-state index is 12.0. The molecule has 0 amide bonds. The topological polar surface area (TPSA) is 69.7 Å². The summed E-state index contributed by atoms with van der Waals surface area (Å²) in [4.78, 5) is 35.6. The van der Waals surface area contributed by atoms with Crippen LogP contribution in [0.4, 0.5) is 0 Å². The zero-order chi connectivity index (χ0) is 18.0. The van der Waals surface area contributed by atoms with E-state index in [0.29, 0.717) is 5.56 Å². The molecular formula is C18H24O5. The van der Waals surface area contributed by atoms with Crippen LogP contribution in [0, 0.1) is 10.8 Å². The Morgan fingerprint density at radius 2 is 1.09 bits per heavy atom. The van der Waals surface area contributed by atoms with Gasteiger partial charge in [-0.1, -0.05) is 0 Å². The highest BCUT2D eigenvalue weighted by Gasteiger charge is 2.26. The van der Waals surface area contributed by atoms with Gasteiger partial charge in [-0.15, -0.1) is 0 Å². The van der Waals surface area contributed by atoms with Gasteiger partial charge in [0.25, 0.3) is 0 Å². The largest absolute Gasteiger partial charge is 0.426 e. The van der Waals surface area contributed by atoms with Crippen LogP contribution in [-0.2, 0) is 9.59 Å². The quantitative estimate of drug-likeness (QED) is 0.481. The average Bonchev–Trinajstić information content (AvgIpc) is 2.35. The number of hydrogen-bond donors (Lipinski definition) is 0. The Labute approximate surface area is 137 Å². The lowest BCUT2D eigenvalue weighted by molar-refractivity contribution is -0.143. The Balaban J connectivity index is 3.16. The zero-order valence-electron chi connectivity index (χ0n) is 14.8. The number of ether oxygens (including phenoxy) is 2. The van der Waals surface area contributed by atoms with Crippen molar-refractivity contribution in [2.24, 2.45) is 10.8 Å². The van der Waals surface area contributed by atoms with Gasteiger partial charge in [0.1, 0.15) is 11.5 Å². The van der Waals surface area contributed by atoms with Crippen LogP contribution in [0.2, 0.25) is 0 Å². The summed E-state index contributed by atoms with van der Waals surface area (Å²) in [5.41, 5.74) is -1.07. The van der Waals surface area contributed by atoms with Gasteiger partial charge in [0, 0.05) is 11.6 Å². The molecule has 0 aliphatic heterocycles. The molecule has 0 saturated heterocycles. The third kappa shape index (κ3) is 5.51. The molecule has 1 aromatic carbocycles. The molecule has 0 aromatic heterocycles. The van der Waals surface area contributed by atoms with Gasteiger partial charge in [-0.2, -0.15) is 0 Å². The minimum atomic E-state index is -0.686. The third-order valence-electron chi connectivity index (χ3n) is 2.93. The van der Waals surface area contributed by atoms with Crippen LogP contribution in [0.1, 0.15) is 58.8 Å². The maximum Gasteiger partial charge on any atom is 0.316 e. The molecule has 0 saturated carbocycles. The minimum Gasteiger partial charge on any atom is -0.426 e. The summed E-state index contributed by atoms with van der Waals surface area (Å²) >= 11 is 0. The van der Waals surface area contributed by atoms with Crippen molar-refractivity contribution >= 4 is 17.7 Å². The summed E-state index contributed by atoms with van der Waals surface area (Å²) < 4.78 is 10.6. The molecule has 0 N–H and O–H groups in total. The number of carbonyl (C=O) groups excluding carboxylic acids is 3. The predicted octanol–water partition coefficient (Wildman–Crippen LogP) is 3.79. The van der Waals surface area contributed by atoms with E-state index < -0.39 is 22.8 Å². The highest BCUT2D eigenvalue weighted by atomic mass is 16.5. The van der Waals surface area contributed by atoms with E-state index in [1.54, 1.807) is 41.5 Å². The molecule has 0 fully saturated rings. The highest BCUT2D eigenvalue weighted by molar-refractivity contribution is 5.95. The van der Waals surface area contributed by atoms with Gasteiger partial charge >= 0.3 is 11.9 Å². The zero-order valence-corrected chi connectivity index (χ0v) is 14.8. The number of rotatable bonds is 3. The normalized spacial score (nSPS) is 11.8. The Hall–Kier alpha value is -2.17. The van der Waals surface area contributed by atoms with Crippen LogP contribution in [0.15, 0.2) is 18.2 Å². The fourth-order valence-electron chi connectivity index (χ4n) is 1.41. The van der Waals surface area contributed by atoms with Gasteiger partial charge in [-0.05, 0) is 60.6 Å². The molecule has 0 aliphatic rings. The van der Waals surface area contributed by atoms with Crippen LogP contribution >= 0.6 is 0 Å². The number of benzene rings is 1. The van der Waals surface area contributed by atoms with Crippen molar-refractivity contribution in [2.75, 3.05) is 0 Å². The smallest absolute Gasteiger partial charge is 0.316 e. The van der Waals surface area contributed by atoms with E-state index in [4.69, 9.17) is 9.47 Å². The van der Waals surface area contributed by atoms with Crippen molar-refractivity contribution in [2.45, 2.75) is 48.5 Å². The van der Waals surface area contributed by atoms with E-state index in [1.165, 1.54) is 25.1 Å². The van der Waals surface area contributed by atoms with Crippen LogP contribution in [-0.4, -0.2) is 17.7 Å². The fraction of sp³-hybridized carbons (Fsp3) is 0.500. The summed E-state index contributed by atoms with van der Waals surface area (Å²) in [5, 5.41) is 0. The molecule has 23 heavy (non-hydrogen) atoms. The SMILES string of the molecule is CC(=O)c1cc(OC(=O)C(C)(C)C)cc(OC(=O)C(C)(C)C)c1. The van der Waals surface area contributed by atoms with E-state index in [9.17, 15) is 14.4 Å². The number of Topliss-reactive ketones (excluding diaryl/α,β-unsaturated/α-hetero) is 1. The minimum absolute atomic E-state index is 0.175. The molecule has 1 aromatic rings.